The number of rotatable bonds is 5. The third kappa shape index (κ3) is 6.67. The second-order valence-corrected chi connectivity index (χ2v) is 7.88. The molecule has 1 amide bonds. The molecule has 0 aliphatic heterocycles. The first kappa shape index (κ1) is 20.2. The topological polar surface area (TPSA) is 90.6 Å². The summed E-state index contributed by atoms with van der Waals surface area (Å²) in [5.41, 5.74) is 6.53. The number of ether oxygens (including phenoxy) is 2. The van der Waals surface area contributed by atoms with Crippen LogP contribution in [0.2, 0.25) is 0 Å². The molecule has 0 radical (unpaired) electrons. The summed E-state index contributed by atoms with van der Waals surface area (Å²) in [5, 5.41) is 2.89. The maximum Gasteiger partial charge on any atom is 0.407 e. The van der Waals surface area contributed by atoms with Gasteiger partial charge in [-0.25, -0.2) is 4.79 Å². The number of carbonyl (C=O) groups is 2. The Morgan fingerprint density at radius 3 is 2.35 bits per heavy atom. The molecule has 2 rings (SSSR count). The number of hydrogen-bond donors (Lipinski definition) is 2. The molecule has 3 N–H and O–H groups in total. The molecule has 0 bridgehead atoms. The van der Waals surface area contributed by atoms with E-state index < -0.39 is 17.7 Å². The molecular formula is C20H30N2O4. The van der Waals surface area contributed by atoms with Crippen LogP contribution in [0, 0.1) is 5.92 Å². The monoisotopic (exact) mass is 362 g/mol. The van der Waals surface area contributed by atoms with Gasteiger partial charge in [-0.05, 0) is 57.9 Å². The van der Waals surface area contributed by atoms with Gasteiger partial charge in [0.05, 0.1) is 0 Å². The summed E-state index contributed by atoms with van der Waals surface area (Å²) in [6.07, 6.45) is 2.73. The van der Waals surface area contributed by atoms with Gasteiger partial charge in [-0.15, -0.1) is 0 Å². The van der Waals surface area contributed by atoms with Crippen LogP contribution < -0.4 is 11.1 Å². The van der Waals surface area contributed by atoms with Gasteiger partial charge in [0, 0.05) is 6.04 Å². The van der Waals surface area contributed by atoms with Crippen LogP contribution in [-0.2, 0) is 20.9 Å². The van der Waals surface area contributed by atoms with E-state index in [9.17, 15) is 9.59 Å². The summed E-state index contributed by atoms with van der Waals surface area (Å²) in [4.78, 5) is 24.0. The van der Waals surface area contributed by atoms with Crippen LogP contribution in [-0.4, -0.2) is 29.7 Å². The number of nitrogens with one attached hydrogen (secondary N) is 1. The SMILES string of the molecule is CC(C)(C)OC(=O)N[C@H]1CC[C@@H](C(N)C(=O)OCc2ccccc2)CC1. The van der Waals surface area contributed by atoms with Crippen molar-refractivity contribution in [3.63, 3.8) is 0 Å². The maximum absolute atomic E-state index is 12.2. The van der Waals surface area contributed by atoms with Crippen LogP contribution in [0.4, 0.5) is 4.79 Å². The van der Waals surface area contributed by atoms with E-state index in [0.717, 1.165) is 31.2 Å². The molecule has 0 spiro atoms. The Balaban J connectivity index is 1.72. The summed E-state index contributed by atoms with van der Waals surface area (Å²) < 4.78 is 10.6. The summed E-state index contributed by atoms with van der Waals surface area (Å²) in [6.45, 7) is 5.75. The molecule has 26 heavy (non-hydrogen) atoms. The van der Waals surface area contributed by atoms with Gasteiger partial charge >= 0.3 is 12.1 Å². The molecule has 1 aromatic rings. The normalized spacial score (nSPS) is 21.5. The Morgan fingerprint density at radius 2 is 1.77 bits per heavy atom. The van der Waals surface area contributed by atoms with Gasteiger partial charge < -0.3 is 20.5 Å². The molecule has 1 saturated carbocycles. The quantitative estimate of drug-likeness (QED) is 0.785. The molecule has 1 fully saturated rings. The van der Waals surface area contributed by atoms with Crippen LogP contribution in [0.25, 0.3) is 0 Å². The minimum atomic E-state index is -0.624. The van der Waals surface area contributed by atoms with Crippen LogP contribution in [0.3, 0.4) is 0 Å². The first-order valence-electron chi connectivity index (χ1n) is 9.20. The van der Waals surface area contributed by atoms with Crippen molar-refractivity contribution >= 4 is 12.1 Å². The Morgan fingerprint density at radius 1 is 1.15 bits per heavy atom. The number of amides is 1. The fraction of sp³-hybridized carbons (Fsp3) is 0.600. The fourth-order valence-electron chi connectivity index (χ4n) is 3.11. The second-order valence-electron chi connectivity index (χ2n) is 7.88. The van der Waals surface area contributed by atoms with E-state index in [2.05, 4.69) is 5.32 Å². The third-order valence-electron chi connectivity index (χ3n) is 4.50. The number of esters is 1. The Bertz CT molecular complexity index is 590. The zero-order valence-electron chi connectivity index (χ0n) is 15.9. The van der Waals surface area contributed by atoms with Crippen LogP contribution >= 0.6 is 0 Å². The van der Waals surface area contributed by atoms with Gasteiger partial charge in [0.1, 0.15) is 18.2 Å². The van der Waals surface area contributed by atoms with Crippen LogP contribution in [0.15, 0.2) is 30.3 Å². The maximum atomic E-state index is 12.2. The van der Waals surface area contributed by atoms with E-state index in [-0.39, 0.29) is 24.5 Å². The van der Waals surface area contributed by atoms with Crippen LogP contribution in [0.1, 0.15) is 52.0 Å². The molecule has 0 heterocycles. The summed E-state index contributed by atoms with van der Waals surface area (Å²) in [7, 11) is 0. The lowest BCUT2D eigenvalue weighted by molar-refractivity contribution is -0.148. The lowest BCUT2D eigenvalue weighted by Crippen LogP contribution is -2.45. The average molecular weight is 362 g/mol. The molecule has 1 unspecified atom stereocenters. The molecule has 6 nitrogen and oxygen atoms in total. The Labute approximate surface area is 155 Å². The zero-order valence-corrected chi connectivity index (χ0v) is 15.9. The summed E-state index contributed by atoms with van der Waals surface area (Å²) >= 11 is 0. The highest BCUT2D eigenvalue weighted by Crippen LogP contribution is 2.27. The Hall–Kier alpha value is -2.08. The van der Waals surface area contributed by atoms with E-state index in [4.69, 9.17) is 15.2 Å². The van der Waals surface area contributed by atoms with Crippen molar-refractivity contribution in [3.8, 4) is 0 Å². The lowest BCUT2D eigenvalue weighted by Gasteiger charge is -2.32. The van der Waals surface area contributed by atoms with Gasteiger partial charge in [0.15, 0.2) is 0 Å². The molecule has 1 aromatic carbocycles. The smallest absolute Gasteiger partial charge is 0.407 e. The molecule has 144 valence electrons. The van der Waals surface area contributed by atoms with Crippen molar-refractivity contribution in [1.29, 1.82) is 0 Å². The predicted molar refractivity (Wildman–Crippen MR) is 99.3 cm³/mol. The predicted octanol–water partition coefficient (Wildman–Crippen LogP) is 3.14. The first-order valence-corrected chi connectivity index (χ1v) is 9.20. The van der Waals surface area contributed by atoms with E-state index in [1.54, 1.807) is 0 Å². The van der Waals surface area contributed by atoms with Gasteiger partial charge in [-0.1, -0.05) is 30.3 Å². The van der Waals surface area contributed by atoms with Gasteiger partial charge in [0.25, 0.3) is 0 Å². The summed E-state index contributed by atoms with van der Waals surface area (Å²) in [5.74, 6) is -0.285. The van der Waals surface area contributed by atoms with E-state index in [1.165, 1.54) is 0 Å². The van der Waals surface area contributed by atoms with E-state index >= 15 is 0 Å². The molecule has 0 aromatic heterocycles. The third-order valence-corrected chi connectivity index (χ3v) is 4.50. The average Bonchev–Trinajstić information content (AvgIpc) is 2.59. The number of nitrogens with two attached hydrogens (primary N) is 1. The first-order chi connectivity index (χ1) is 12.2. The zero-order chi connectivity index (χ0) is 19.2. The molecule has 1 atom stereocenters. The highest BCUT2D eigenvalue weighted by molar-refractivity contribution is 5.76. The number of alkyl carbamates (subject to hydrolysis) is 1. The Kier molecular flexibility index (Phi) is 7.03. The van der Waals surface area contributed by atoms with Crippen LogP contribution in [0.5, 0.6) is 0 Å². The minimum Gasteiger partial charge on any atom is -0.460 e. The second kappa shape index (κ2) is 9.03. The van der Waals surface area contributed by atoms with Gasteiger partial charge in [0.2, 0.25) is 0 Å². The minimum absolute atomic E-state index is 0.0636. The van der Waals surface area contributed by atoms with Crippen molar-refractivity contribution in [1.82, 2.24) is 5.32 Å². The van der Waals surface area contributed by atoms with Crippen molar-refractivity contribution in [3.05, 3.63) is 35.9 Å². The molecule has 6 heteroatoms. The highest BCUT2D eigenvalue weighted by atomic mass is 16.6. The lowest BCUT2D eigenvalue weighted by atomic mass is 9.82. The summed E-state index contributed by atoms with van der Waals surface area (Å²) in [6, 6.07) is 8.98. The van der Waals surface area contributed by atoms with E-state index in [1.807, 2.05) is 51.1 Å². The standard InChI is InChI=1S/C20H30N2O4/c1-20(2,3)26-19(24)22-16-11-9-15(10-12-16)17(21)18(23)25-13-14-7-5-4-6-8-14/h4-8,15-17H,9-13,21H2,1-3H3,(H,22,24)/t15-,16+,17?. The molecular weight excluding hydrogens is 332 g/mol. The highest BCUT2D eigenvalue weighted by Gasteiger charge is 2.31. The number of benzene rings is 1. The van der Waals surface area contributed by atoms with Crippen molar-refractivity contribution in [2.75, 3.05) is 0 Å². The van der Waals surface area contributed by atoms with Gasteiger partial charge in [-0.3, -0.25) is 4.79 Å². The fourth-order valence-corrected chi connectivity index (χ4v) is 3.11. The van der Waals surface area contributed by atoms with Gasteiger partial charge in [-0.2, -0.15) is 0 Å². The number of hydrogen-bond acceptors (Lipinski definition) is 5. The van der Waals surface area contributed by atoms with Crippen molar-refractivity contribution in [2.45, 2.75) is 70.7 Å². The van der Waals surface area contributed by atoms with E-state index in [0.29, 0.717) is 0 Å². The largest absolute Gasteiger partial charge is 0.460 e. The number of carbonyl (C=O) groups excluding carboxylic acids is 2. The van der Waals surface area contributed by atoms with Crippen molar-refractivity contribution in [2.24, 2.45) is 11.7 Å². The molecule has 1 aliphatic rings. The molecule has 1 aliphatic carbocycles. The molecule has 0 saturated heterocycles. The van der Waals surface area contributed by atoms with Crippen molar-refractivity contribution < 1.29 is 19.1 Å².